The number of nitrogens with one attached hydrogen (secondary N) is 2. The Labute approximate surface area is 85.1 Å². The molecule has 1 atom stereocenters. The average Bonchev–Trinajstić information content (AvgIpc) is 2.66. The number of carboxylic acid groups (broad SMARTS) is 1. The molecule has 0 saturated carbocycles. The summed E-state index contributed by atoms with van der Waals surface area (Å²) in [5.41, 5.74) is 0.623. The minimum absolute atomic E-state index is 0.0757. The number of H-pyrrole nitrogens is 1. The summed E-state index contributed by atoms with van der Waals surface area (Å²) in [7, 11) is 0. The van der Waals surface area contributed by atoms with Gasteiger partial charge in [0, 0.05) is 11.9 Å². The van der Waals surface area contributed by atoms with Crippen LogP contribution in [0.15, 0.2) is 12.3 Å². The zero-order chi connectivity index (χ0) is 11.3. The fourth-order valence-corrected chi connectivity index (χ4v) is 0.916. The number of aliphatic hydroxyl groups excluding tert-OH is 1. The molecule has 15 heavy (non-hydrogen) atoms. The van der Waals surface area contributed by atoms with E-state index in [9.17, 15) is 9.59 Å². The second-order valence-electron chi connectivity index (χ2n) is 2.92. The zero-order valence-electron chi connectivity index (χ0n) is 7.80. The van der Waals surface area contributed by atoms with Gasteiger partial charge in [0.25, 0.3) is 0 Å². The van der Waals surface area contributed by atoms with E-state index in [1.54, 1.807) is 6.07 Å². The number of carbonyl (C=O) groups excluding carboxylic acids is 1. The molecule has 1 aromatic heterocycles. The molecule has 0 spiro atoms. The van der Waals surface area contributed by atoms with Gasteiger partial charge >= 0.3 is 5.97 Å². The molecule has 7 heteroatoms. The lowest BCUT2D eigenvalue weighted by Gasteiger charge is -2.06. The summed E-state index contributed by atoms with van der Waals surface area (Å²) < 4.78 is 0. The smallest absolute Gasteiger partial charge is 0.334 e. The van der Waals surface area contributed by atoms with Gasteiger partial charge in [0.15, 0.2) is 6.10 Å². The number of carboxylic acids is 1. The Morgan fingerprint density at radius 2 is 2.33 bits per heavy atom. The predicted molar refractivity (Wildman–Crippen MR) is 48.9 cm³/mol. The molecule has 0 aliphatic rings. The summed E-state index contributed by atoms with van der Waals surface area (Å²) in [5, 5.41) is 25.7. The highest BCUT2D eigenvalue weighted by Crippen LogP contribution is 1.92. The highest BCUT2D eigenvalue weighted by Gasteiger charge is 2.14. The summed E-state index contributed by atoms with van der Waals surface area (Å²) in [4.78, 5) is 21.4. The van der Waals surface area contributed by atoms with Crippen LogP contribution in [0.3, 0.4) is 0 Å². The third kappa shape index (κ3) is 3.77. The maximum atomic E-state index is 11.2. The molecule has 0 bridgehead atoms. The Hall–Kier alpha value is -1.89. The first-order chi connectivity index (χ1) is 7.09. The number of rotatable bonds is 5. The van der Waals surface area contributed by atoms with Gasteiger partial charge in [-0.25, -0.2) is 4.79 Å². The van der Waals surface area contributed by atoms with Crippen LogP contribution in [0.25, 0.3) is 0 Å². The minimum atomic E-state index is -1.57. The second-order valence-corrected chi connectivity index (χ2v) is 2.92. The van der Waals surface area contributed by atoms with E-state index < -0.39 is 12.1 Å². The van der Waals surface area contributed by atoms with Crippen LogP contribution in [-0.2, 0) is 16.0 Å². The van der Waals surface area contributed by atoms with Crippen molar-refractivity contribution in [2.45, 2.75) is 12.5 Å². The van der Waals surface area contributed by atoms with E-state index in [0.29, 0.717) is 5.69 Å². The lowest BCUT2D eigenvalue weighted by Crippen LogP contribution is -2.37. The molecule has 1 aromatic rings. The Morgan fingerprint density at radius 1 is 1.60 bits per heavy atom. The lowest BCUT2D eigenvalue weighted by molar-refractivity contribution is -0.146. The van der Waals surface area contributed by atoms with Crippen LogP contribution in [0.2, 0.25) is 0 Å². The quantitative estimate of drug-likeness (QED) is 0.476. The van der Waals surface area contributed by atoms with Gasteiger partial charge in [-0.15, -0.1) is 0 Å². The molecule has 0 radical (unpaired) electrons. The van der Waals surface area contributed by atoms with E-state index in [1.807, 2.05) is 0 Å². The molecular formula is C8H11N3O4. The Kier molecular flexibility index (Phi) is 3.81. The molecular weight excluding hydrogens is 202 g/mol. The predicted octanol–water partition coefficient (Wildman–Crippen LogP) is -1.49. The van der Waals surface area contributed by atoms with Gasteiger partial charge in [-0.05, 0) is 6.07 Å². The van der Waals surface area contributed by atoms with Gasteiger partial charge < -0.3 is 15.5 Å². The molecule has 0 aromatic carbocycles. The largest absolute Gasteiger partial charge is 0.479 e. The van der Waals surface area contributed by atoms with Crippen molar-refractivity contribution in [2.24, 2.45) is 0 Å². The van der Waals surface area contributed by atoms with Crippen LogP contribution in [-0.4, -0.2) is 44.9 Å². The Morgan fingerprint density at radius 3 is 2.87 bits per heavy atom. The number of amides is 1. The molecule has 0 aliphatic carbocycles. The van der Waals surface area contributed by atoms with E-state index in [2.05, 4.69) is 15.5 Å². The van der Waals surface area contributed by atoms with Crippen molar-refractivity contribution < 1.29 is 19.8 Å². The van der Waals surface area contributed by atoms with Gasteiger partial charge in [0.05, 0.1) is 13.0 Å². The second kappa shape index (κ2) is 5.11. The van der Waals surface area contributed by atoms with Crippen molar-refractivity contribution in [3.63, 3.8) is 0 Å². The van der Waals surface area contributed by atoms with E-state index >= 15 is 0 Å². The molecule has 1 rings (SSSR count). The van der Waals surface area contributed by atoms with Crippen LogP contribution < -0.4 is 5.32 Å². The normalized spacial score (nSPS) is 12.1. The third-order valence-electron chi connectivity index (χ3n) is 1.69. The number of aromatic nitrogens is 2. The third-order valence-corrected chi connectivity index (χ3v) is 1.69. The summed E-state index contributed by atoms with van der Waals surface area (Å²) in [5.74, 6) is -1.74. The summed E-state index contributed by atoms with van der Waals surface area (Å²) >= 11 is 0. The van der Waals surface area contributed by atoms with Gasteiger partial charge in [0.1, 0.15) is 0 Å². The molecule has 0 aliphatic heterocycles. The maximum Gasteiger partial charge on any atom is 0.334 e. The molecule has 0 saturated heterocycles. The average molecular weight is 213 g/mol. The SMILES string of the molecule is O=C(Cc1ccn[nH]1)NCC(O)C(=O)O. The fourth-order valence-electron chi connectivity index (χ4n) is 0.916. The van der Waals surface area contributed by atoms with Crippen molar-refractivity contribution in [2.75, 3.05) is 6.54 Å². The monoisotopic (exact) mass is 213 g/mol. The van der Waals surface area contributed by atoms with Crippen molar-refractivity contribution in [1.82, 2.24) is 15.5 Å². The van der Waals surface area contributed by atoms with Gasteiger partial charge in [0.2, 0.25) is 5.91 Å². The van der Waals surface area contributed by atoms with Gasteiger partial charge in [-0.2, -0.15) is 5.10 Å². The van der Waals surface area contributed by atoms with Crippen molar-refractivity contribution in [1.29, 1.82) is 0 Å². The number of aromatic amines is 1. The first kappa shape index (κ1) is 11.2. The number of hydrogen-bond donors (Lipinski definition) is 4. The highest BCUT2D eigenvalue weighted by atomic mass is 16.4. The van der Waals surface area contributed by atoms with E-state index in [0.717, 1.165) is 0 Å². The number of carbonyl (C=O) groups is 2. The van der Waals surface area contributed by atoms with Crippen LogP contribution in [0.1, 0.15) is 5.69 Å². The first-order valence-electron chi connectivity index (χ1n) is 4.25. The topological polar surface area (TPSA) is 115 Å². The van der Waals surface area contributed by atoms with Crippen molar-refractivity contribution >= 4 is 11.9 Å². The maximum absolute atomic E-state index is 11.2. The van der Waals surface area contributed by atoms with Crippen LogP contribution >= 0.6 is 0 Å². The summed E-state index contributed by atoms with van der Waals surface area (Å²) in [6.07, 6.45) is 0.0110. The van der Waals surface area contributed by atoms with Gasteiger partial charge in [-0.3, -0.25) is 9.89 Å². The number of aliphatic carboxylic acids is 1. The van der Waals surface area contributed by atoms with Crippen molar-refractivity contribution in [3.8, 4) is 0 Å². The number of aliphatic hydroxyl groups is 1. The molecule has 7 nitrogen and oxygen atoms in total. The molecule has 82 valence electrons. The van der Waals surface area contributed by atoms with Crippen molar-refractivity contribution in [3.05, 3.63) is 18.0 Å². The standard InChI is InChI=1S/C8H11N3O4/c12-6(8(14)15)4-9-7(13)3-5-1-2-10-11-5/h1-2,6,12H,3-4H2,(H,9,13)(H,10,11)(H,14,15). The van der Waals surface area contributed by atoms with E-state index in [1.165, 1.54) is 6.20 Å². The Balaban J connectivity index is 2.28. The molecule has 4 N–H and O–H groups in total. The summed E-state index contributed by atoms with van der Waals surface area (Å²) in [6, 6.07) is 1.63. The summed E-state index contributed by atoms with van der Waals surface area (Å²) in [6.45, 7) is -0.303. The highest BCUT2D eigenvalue weighted by molar-refractivity contribution is 5.79. The number of hydrogen-bond acceptors (Lipinski definition) is 4. The minimum Gasteiger partial charge on any atom is -0.479 e. The van der Waals surface area contributed by atoms with E-state index in [-0.39, 0.29) is 18.9 Å². The van der Waals surface area contributed by atoms with Crippen LogP contribution in [0.4, 0.5) is 0 Å². The van der Waals surface area contributed by atoms with Crippen LogP contribution in [0, 0.1) is 0 Å². The first-order valence-corrected chi connectivity index (χ1v) is 4.25. The molecule has 1 unspecified atom stereocenters. The molecule has 1 amide bonds. The van der Waals surface area contributed by atoms with Crippen LogP contribution in [0.5, 0.6) is 0 Å². The Bertz CT molecular complexity index is 336. The molecule has 1 heterocycles. The molecule has 0 fully saturated rings. The zero-order valence-corrected chi connectivity index (χ0v) is 7.80. The van der Waals surface area contributed by atoms with E-state index in [4.69, 9.17) is 10.2 Å². The lowest BCUT2D eigenvalue weighted by atomic mass is 10.3. The number of nitrogens with zero attached hydrogens (tertiary/aromatic N) is 1. The van der Waals surface area contributed by atoms with Gasteiger partial charge in [-0.1, -0.05) is 0 Å². The fraction of sp³-hybridized carbons (Fsp3) is 0.375.